The van der Waals surface area contributed by atoms with Gasteiger partial charge in [0.15, 0.2) is 5.58 Å². The minimum Gasteiger partial charge on any atom is -0.454 e. The van der Waals surface area contributed by atoms with Crippen molar-refractivity contribution in [3.05, 3.63) is 222 Å². The van der Waals surface area contributed by atoms with Crippen molar-refractivity contribution in [1.82, 2.24) is 0 Å². The molecule has 0 fully saturated rings. The first-order chi connectivity index (χ1) is 27.0. The number of furan rings is 1. The van der Waals surface area contributed by atoms with E-state index in [0.29, 0.717) is 16.8 Å². The molecule has 1 aliphatic rings. The van der Waals surface area contributed by atoms with Crippen molar-refractivity contribution < 1.29 is 9.90 Å². The van der Waals surface area contributed by atoms with E-state index in [4.69, 9.17) is 4.42 Å². The first-order valence-electron chi connectivity index (χ1n) is 19.2. The fourth-order valence-corrected chi connectivity index (χ4v) is 8.11. The molecule has 0 radical (unpaired) electrons. The van der Waals surface area contributed by atoms with Crippen LogP contribution in [0.25, 0.3) is 44.2 Å². The zero-order chi connectivity index (χ0) is 37.3. The summed E-state index contributed by atoms with van der Waals surface area (Å²) in [4.78, 5) is 1.90. The normalized spacial score (nSPS) is 14.0. The fourth-order valence-electron chi connectivity index (χ4n) is 8.11. The second kappa shape index (κ2) is 11.8. The molecule has 1 aromatic heterocycles. The number of para-hydroxylation sites is 2. The molecule has 8 aromatic carbocycles. The molecule has 0 aliphatic heterocycles. The van der Waals surface area contributed by atoms with Crippen LogP contribution in [0, 0.1) is 0 Å². The summed E-state index contributed by atoms with van der Waals surface area (Å²) in [6, 6.07) is 58.4. The fraction of sp³-hybridized carbons (Fsp3) is 0.0204. The third-order valence-electron chi connectivity index (χ3n) is 10.2. The summed E-state index contributed by atoms with van der Waals surface area (Å²) in [7, 11) is 0. The van der Waals surface area contributed by atoms with Gasteiger partial charge in [-0.15, -0.1) is 0 Å². The Hall–Kier alpha value is -6.64. The van der Waals surface area contributed by atoms with Gasteiger partial charge in [-0.05, 0) is 69.2 Å². The van der Waals surface area contributed by atoms with Crippen molar-refractivity contribution in [2.75, 3.05) is 4.90 Å². The topological polar surface area (TPSA) is 16.4 Å². The predicted molar refractivity (Wildman–Crippen MR) is 211 cm³/mol. The monoisotopic (exact) mass is 655 g/mol. The first-order valence-corrected chi connectivity index (χ1v) is 17.2. The molecule has 2 nitrogen and oxygen atoms in total. The van der Waals surface area contributed by atoms with E-state index in [1.54, 1.807) is 0 Å². The number of fused-ring (bicyclic) bond motifs is 6. The molecule has 240 valence electrons. The summed E-state index contributed by atoms with van der Waals surface area (Å²) in [6.45, 7) is 0. The van der Waals surface area contributed by atoms with E-state index in [0.717, 1.165) is 55.4 Å². The summed E-state index contributed by atoms with van der Waals surface area (Å²) >= 11 is 0. The molecule has 0 unspecified atom stereocenters. The Morgan fingerprint density at radius 1 is 0.451 bits per heavy atom. The Labute approximate surface area is 303 Å². The van der Waals surface area contributed by atoms with Crippen molar-refractivity contribution in [1.29, 1.82) is 0 Å². The Balaban J connectivity index is 1.35. The van der Waals surface area contributed by atoms with Crippen molar-refractivity contribution in [3.63, 3.8) is 0 Å². The smallest absolute Gasteiger partial charge is 0.159 e. The van der Waals surface area contributed by atoms with Gasteiger partial charge in [0.25, 0.3) is 0 Å². The molecule has 0 atom stereocenters. The van der Waals surface area contributed by atoms with Crippen LogP contribution < -0.4 is 4.90 Å². The van der Waals surface area contributed by atoms with Crippen LogP contribution in [0.2, 0.25) is 0 Å². The van der Waals surface area contributed by atoms with Gasteiger partial charge in [0.1, 0.15) is 5.58 Å². The molecule has 10 rings (SSSR count). The van der Waals surface area contributed by atoms with E-state index < -0.39 is 5.41 Å². The largest absolute Gasteiger partial charge is 0.454 e. The van der Waals surface area contributed by atoms with Crippen LogP contribution in [0.1, 0.15) is 27.7 Å². The Morgan fingerprint density at radius 3 is 1.76 bits per heavy atom. The van der Waals surface area contributed by atoms with Crippen molar-refractivity contribution in [2.45, 2.75) is 5.41 Å². The Bertz CT molecular complexity index is 2850. The maximum atomic E-state index is 9.69. The van der Waals surface area contributed by atoms with Crippen LogP contribution in [0.4, 0.5) is 17.1 Å². The average Bonchev–Trinajstić information content (AvgIpc) is 3.77. The highest BCUT2D eigenvalue weighted by atomic mass is 16.3. The maximum absolute atomic E-state index is 9.69. The van der Waals surface area contributed by atoms with E-state index in [9.17, 15) is 5.48 Å². The Kier molecular flexibility index (Phi) is 5.84. The quantitative estimate of drug-likeness (QED) is 0.177. The molecule has 0 bridgehead atoms. The van der Waals surface area contributed by atoms with Crippen molar-refractivity contribution in [2.24, 2.45) is 0 Å². The molecule has 2 heteroatoms. The number of hydrogen-bond donors (Lipinski definition) is 0. The standard InChI is InChI=1S/C49H33NO/c1-4-16-34(17-5-1)35-30-32-38(33-31-35)50(45-28-14-24-40-39-22-11-13-29-46(39)51-48(40)45)44-27-15-26-43-47(44)41-23-10-12-25-42(41)49(43,36-18-6-2-7-19-36)37-20-8-3-9-21-37/h1-33H/i30D,31D,32D,33D. The molecule has 9 aromatic rings. The lowest BCUT2D eigenvalue weighted by molar-refractivity contribution is 0.669. The number of nitrogens with zero attached hydrogens (tertiary/aromatic N) is 1. The third kappa shape index (κ3) is 4.43. The lowest BCUT2D eigenvalue weighted by Gasteiger charge is -2.34. The van der Waals surface area contributed by atoms with Crippen molar-refractivity contribution in [3.8, 4) is 22.3 Å². The lowest BCUT2D eigenvalue weighted by Crippen LogP contribution is -2.28. The lowest BCUT2D eigenvalue weighted by atomic mass is 9.68. The summed E-state index contributed by atoms with van der Waals surface area (Å²) in [5, 5.41) is 1.85. The molecule has 0 saturated carbocycles. The number of benzene rings is 8. The van der Waals surface area contributed by atoms with Gasteiger partial charge in [0.05, 0.1) is 22.3 Å². The van der Waals surface area contributed by atoms with Gasteiger partial charge in [-0.3, -0.25) is 0 Å². The molecule has 1 heterocycles. The highest BCUT2D eigenvalue weighted by Crippen LogP contribution is 2.59. The number of anilines is 3. The zero-order valence-corrected chi connectivity index (χ0v) is 27.6. The minimum absolute atomic E-state index is 0.111. The highest BCUT2D eigenvalue weighted by molar-refractivity contribution is 6.11. The van der Waals surface area contributed by atoms with Crippen LogP contribution in [0.5, 0.6) is 0 Å². The summed E-state index contributed by atoms with van der Waals surface area (Å²) < 4.78 is 44.8. The van der Waals surface area contributed by atoms with Crippen LogP contribution in [-0.2, 0) is 5.41 Å². The molecule has 0 amide bonds. The molecular weight excluding hydrogens is 619 g/mol. The molecule has 0 saturated heterocycles. The van der Waals surface area contributed by atoms with E-state index in [2.05, 4.69) is 78.9 Å². The molecule has 0 N–H and O–H groups in total. The van der Waals surface area contributed by atoms with Crippen LogP contribution in [0.15, 0.2) is 205 Å². The molecular formula is C49H33NO. The van der Waals surface area contributed by atoms with Gasteiger partial charge < -0.3 is 9.32 Å². The van der Waals surface area contributed by atoms with Crippen molar-refractivity contribution >= 4 is 39.0 Å². The van der Waals surface area contributed by atoms with Gasteiger partial charge in [-0.2, -0.15) is 0 Å². The van der Waals surface area contributed by atoms with Gasteiger partial charge in [-0.25, -0.2) is 0 Å². The summed E-state index contributed by atoms with van der Waals surface area (Å²) in [6.07, 6.45) is 0. The van der Waals surface area contributed by atoms with E-state index >= 15 is 0 Å². The third-order valence-corrected chi connectivity index (χ3v) is 10.2. The predicted octanol–water partition coefficient (Wildman–Crippen LogP) is 13.1. The van der Waals surface area contributed by atoms with Gasteiger partial charge in [-0.1, -0.05) is 170 Å². The van der Waals surface area contributed by atoms with Crippen LogP contribution in [-0.4, -0.2) is 0 Å². The zero-order valence-electron chi connectivity index (χ0n) is 31.6. The van der Waals surface area contributed by atoms with Gasteiger partial charge in [0, 0.05) is 22.0 Å². The van der Waals surface area contributed by atoms with Gasteiger partial charge >= 0.3 is 0 Å². The molecule has 1 aliphatic carbocycles. The highest BCUT2D eigenvalue weighted by Gasteiger charge is 2.47. The second-order valence-corrected chi connectivity index (χ2v) is 12.9. The molecule has 51 heavy (non-hydrogen) atoms. The first kappa shape index (κ1) is 25.3. The van der Waals surface area contributed by atoms with Gasteiger partial charge in [0.2, 0.25) is 0 Å². The molecule has 0 spiro atoms. The van der Waals surface area contributed by atoms with E-state index in [-0.39, 0.29) is 35.4 Å². The second-order valence-electron chi connectivity index (χ2n) is 12.9. The Morgan fingerprint density at radius 2 is 1.02 bits per heavy atom. The maximum Gasteiger partial charge on any atom is 0.159 e. The van der Waals surface area contributed by atoms with Crippen LogP contribution >= 0.6 is 0 Å². The van der Waals surface area contributed by atoms with Crippen LogP contribution in [0.3, 0.4) is 0 Å². The number of rotatable bonds is 6. The number of hydrogen-bond acceptors (Lipinski definition) is 2. The summed E-state index contributed by atoms with van der Waals surface area (Å²) in [5.41, 5.74) is 9.38. The van der Waals surface area contributed by atoms with E-state index in [1.807, 2.05) is 102 Å². The SMILES string of the molecule is [2H]c1c([2H])c(N(c2cccc3c2-c2ccccc2C3(c2ccccc2)c2ccccc2)c2cccc3c2oc2ccccc23)c([2H])c([2H])c1-c1ccccc1. The minimum atomic E-state index is -0.687. The summed E-state index contributed by atoms with van der Waals surface area (Å²) in [5.74, 6) is 0. The van der Waals surface area contributed by atoms with E-state index in [1.165, 1.54) is 0 Å². The average molecular weight is 656 g/mol.